The van der Waals surface area contributed by atoms with E-state index >= 15 is 0 Å². The molecule has 0 aromatic carbocycles. The average molecular weight is 241 g/mol. The Morgan fingerprint density at radius 2 is 2.18 bits per heavy atom. The molecule has 0 amide bonds. The summed E-state index contributed by atoms with van der Waals surface area (Å²) in [7, 11) is 0. The molecule has 1 aliphatic rings. The Hall–Kier alpha value is -0.870. The van der Waals surface area contributed by atoms with Crippen LogP contribution < -0.4 is 16.6 Å². The van der Waals surface area contributed by atoms with Crippen LogP contribution in [-0.4, -0.2) is 18.8 Å². The minimum absolute atomic E-state index is 0.310. The molecule has 0 aromatic heterocycles. The molecule has 0 fully saturated rings. The second kappa shape index (κ2) is 6.17. The van der Waals surface area contributed by atoms with Gasteiger partial charge in [0.05, 0.1) is 11.7 Å². The lowest BCUT2D eigenvalue weighted by Crippen LogP contribution is -2.39. The normalized spacial score (nSPS) is 24.8. The minimum atomic E-state index is -0.949. The summed E-state index contributed by atoms with van der Waals surface area (Å²) in [6, 6.07) is -0.310. The number of allylic oxidation sites excluding steroid dienone is 2. The van der Waals surface area contributed by atoms with Crippen molar-refractivity contribution >= 4 is 0 Å². The van der Waals surface area contributed by atoms with E-state index in [1.54, 1.807) is 6.92 Å². The Morgan fingerprint density at radius 3 is 2.65 bits per heavy atom. The molecule has 0 saturated carbocycles. The molecule has 0 aliphatic carbocycles. The maximum absolute atomic E-state index is 13.4. The zero-order valence-electron chi connectivity index (χ0n) is 11.2. The van der Waals surface area contributed by atoms with Gasteiger partial charge in [0.15, 0.2) is 0 Å². The monoisotopic (exact) mass is 241 g/mol. The Bertz CT molecular complexity index is 321. The molecule has 0 aromatic rings. The zero-order valence-corrected chi connectivity index (χ0v) is 11.2. The lowest BCUT2D eigenvalue weighted by atomic mass is 9.98. The van der Waals surface area contributed by atoms with Crippen molar-refractivity contribution in [3.05, 3.63) is 22.9 Å². The molecule has 3 nitrogen and oxygen atoms in total. The van der Waals surface area contributed by atoms with Gasteiger partial charge in [0, 0.05) is 6.54 Å². The van der Waals surface area contributed by atoms with Crippen LogP contribution in [0.5, 0.6) is 0 Å². The summed E-state index contributed by atoms with van der Waals surface area (Å²) in [6.45, 7) is 8.28. The molecule has 0 spiro atoms. The van der Waals surface area contributed by atoms with Crippen molar-refractivity contribution in [3.63, 3.8) is 0 Å². The maximum atomic E-state index is 13.4. The highest BCUT2D eigenvalue weighted by molar-refractivity contribution is 5.39. The van der Waals surface area contributed by atoms with Crippen molar-refractivity contribution in [1.82, 2.24) is 10.9 Å². The van der Waals surface area contributed by atoms with Crippen LogP contribution >= 0.6 is 0 Å². The topological polar surface area (TPSA) is 50.1 Å². The van der Waals surface area contributed by atoms with Gasteiger partial charge in [0.1, 0.15) is 6.17 Å². The first-order valence-corrected chi connectivity index (χ1v) is 6.28. The fourth-order valence-corrected chi connectivity index (χ4v) is 2.07. The first-order chi connectivity index (χ1) is 8.01. The predicted octanol–water partition coefficient (Wildman–Crippen LogP) is 2.03. The quantitative estimate of drug-likeness (QED) is 0.690. The van der Waals surface area contributed by atoms with E-state index in [9.17, 15) is 4.39 Å². The van der Waals surface area contributed by atoms with Crippen LogP contribution in [-0.2, 0) is 0 Å². The van der Waals surface area contributed by atoms with Crippen molar-refractivity contribution in [2.24, 2.45) is 11.7 Å². The Balaban J connectivity index is 2.95. The first-order valence-electron chi connectivity index (χ1n) is 6.28. The second-order valence-corrected chi connectivity index (χ2v) is 4.76. The molecule has 1 aliphatic heterocycles. The van der Waals surface area contributed by atoms with Crippen LogP contribution in [0.2, 0.25) is 0 Å². The fourth-order valence-electron chi connectivity index (χ4n) is 2.07. The molecular formula is C13H24FN3. The van der Waals surface area contributed by atoms with E-state index in [4.69, 9.17) is 5.73 Å². The lowest BCUT2D eigenvalue weighted by molar-refractivity contribution is 0.294. The van der Waals surface area contributed by atoms with E-state index in [-0.39, 0.29) is 6.04 Å². The number of alkyl halides is 1. The number of hydrogen-bond donors (Lipinski definition) is 3. The van der Waals surface area contributed by atoms with Gasteiger partial charge in [0.25, 0.3) is 0 Å². The minimum Gasteiger partial charge on any atom is -0.327 e. The smallest absolute Gasteiger partial charge is 0.118 e. The van der Waals surface area contributed by atoms with E-state index in [1.165, 1.54) is 0 Å². The van der Waals surface area contributed by atoms with Gasteiger partial charge in [-0.2, -0.15) is 0 Å². The standard InChI is InChI=1S/C13H24FN3/c1-5-8(2)6-9(3)12-11(7-15)13(10(4)14)17-16-12/h6,8,10,13,16-17H,5,7,15H2,1-4H3/b9-6-. The molecule has 17 heavy (non-hydrogen) atoms. The van der Waals surface area contributed by atoms with Crippen molar-refractivity contribution in [3.8, 4) is 0 Å². The molecule has 3 atom stereocenters. The highest BCUT2D eigenvalue weighted by Gasteiger charge is 2.29. The van der Waals surface area contributed by atoms with Crippen molar-refractivity contribution in [1.29, 1.82) is 0 Å². The summed E-state index contributed by atoms with van der Waals surface area (Å²) >= 11 is 0. The molecule has 98 valence electrons. The molecule has 0 saturated heterocycles. The van der Waals surface area contributed by atoms with Crippen molar-refractivity contribution in [2.45, 2.75) is 46.3 Å². The highest BCUT2D eigenvalue weighted by Crippen LogP contribution is 2.23. The number of hydrazine groups is 1. The predicted molar refractivity (Wildman–Crippen MR) is 69.9 cm³/mol. The van der Waals surface area contributed by atoms with Gasteiger partial charge in [0.2, 0.25) is 0 Å². The van der Waals surface area contributed by atoms with Crippen LogP contribution in [0.15, 0.2) is 22.9 Å². The maximum Gasteiger partial charge on any atom is 0.118 e. The van der Waals surface area contributed by atoms with E-state index < -0.39 is 6.17 Å². The zero-order chi connectivity index (χ0) is 13.0. The van der Waals surface area contributed by atoms with Gasteiger partial charge < -0.3 is 11.2 Å². The van der Waals surface area contributed by atoms with Crippen LogP contribution in [0.4, 0.5) is 4.39 Å². The Labute approximate surface area is 103 Å². The molecule has 1 heterocycles. The van der Waals surface area contributed by atoms with Crippen LogP contribution in [0.1, 0.15) is 34.1 Å². The molecule has 0 bridgehead atoms. The molecule has 4 N–H and O–H groups in total. The number of nitrogens with two attached hydrogens (primary N) is 1. The highest BCUT2D eigenvalue weighted by atomic mass is 19.1. The second-order valence-electron chi connectivity index (χ2n) is 4.76. The summed E-state index contributed by atoms with van der Waals surface area (Å²) in [5, 5.41) is 0. The Kier molecular flexibility index (Phi) is 5.15. The van der Waals surface area contributed by atoms with E-state index in [2.05, 4.69) is 30.8 Å². The van der Waals surface area contributed by atoms with Crippen LogP contribution in [0, 0.1) is 5.92 Å². The van der Waals surface area contributed by atoms with Gasteiger partial charge >= 0.3 is 0 Å². The van der Waals surface area contributed by atoms with E-state index in [0.29, 0.717) is 12.5 Å². The Morgan fingerprint density at radius 1 is 1.53 bits per heavy atom. The largest absolute Gasteiger partial charge is 0.327 e. The van der Waals surface area contributed by atoms with Gasteiger partial charge in [-0.05, 0) is 30.9 Å². The van der Waals surface area contributed by atoms with Gasteiger partial charge in [-0.25, -0.2) is 9.82 Å². The number of halogens is 1. The summed E-state index contributed by atoms with van der Waals surface area (Å²) < 4.78 is 13.4. The SMILES string of the molecule is CCC(C)/C=C(/C)C1=C(CN)C(C(C)F)NN1. The summed E-state index contributed by atoms with van der Waals surface area (Å²) in [6.07, 6.45) is 2.35. The number of hydrogen-bond acceptors (Lipinski definition) is 3. The fraction of sp³-hybridized carbons (Fsp3) is 0.692. The third-order valence-corrected chi connectivity index (χ3v) is 3.30. The third kappa shape index (κ3) is 3.30. The first kappa shape index (κ1) is 14.2. The summed E-state index contributed by atoms with van der Waals surface area (Å²) in [4.78, 5) is 0. The third-order valence-electron chi connectivity index (χ3n) is 3.30. The number of nitrogens with one attached hydrogen (secondary N) is 2. The molecule has 0 radical (unpaired) electrons. The van der Waals surface area contributed by atoms with Crippen molar-refractivity contribution < 1.29 is 4.39 Å². The van der Waals surface area contributed by atoms with Crippen LogP contribution in [0.25, 0.3) is 0 Å². The molecule has 3 unspecified atom stereocenters. The van der Waals surface area contributed by atoms with Crippen LogP contribution in [0.3, 0.4) is 0 Å². The molecule has 4 heteroatoms. The van der Waals surface area contributed by atoms with Gasteiger partial charge in [-0.3, -0.25) is 0 Å². The van der Waals surface area contributed by atoms with Gasteiger partial charge in [-0.15, -0.1) is 0 Å². The summed E-state index contributed by atoms with van der Waals surface area (Å²) in [5.41, 5.74) is 14.8. The molecular weight excluding hydrogens is 217 g/mol. The lowest BCUT2D eigenvalue weighted by Gasteiger charge is -2.14. The average Bonchev–Trinajstić information content (AvgIpc) is 2.72. The van der Waals surface area contributed by atoms with Crippen molar-refractivity contribution in [2.75, 3.05) is 6.54 Å². The number of rotatable bonds is 5. The van der Waals surface area contributed by atoms with Gasteiger partial charge in [-0.1, -0.05) is 26.3 Å². The summed E-state index contributed by atoms with van der Waals surface area (Å²) in [5.74, 6) is 0.519. The van der Waals surface area contributed by atoms with E-state index in [0.717, 1.165) is 23.3 Å². The van der Waals surface area contributed by atoms with E-state index in [1.807, 2.05) is 6.92 Å². The molecule has 1 rings (SSSR count).